The standard InChI is InChI=1S/C25H23ClN4O2/c1-17-6-9-19(10-7-17)32-16-25(31)28-21-11-8-18(14-20(21)26)29-12-13-30-23-5-3-2-4-22(23)27-24(30)15-29/h2-11,14H,12-13,15-16H2,1H3,(H,28,31). The van der Waals surface area contributed by atoms with Crippen LogP contribution in [0.2, 0.25) is 5.02 Å². The number of hydrogen-bond acceptors (Lipinski definition) is 4. The molecule has 162 valence electrons. The molecule has 1 aliphatic rings. The van der Waals surface area contributed by atoms with Crippen molar-refractivity contribution in [3.63, 3.8) is 0 Å². The minimum Gasteiger partial charge on any atom is -0.484 e. The molecule has 4 aromatic rings. The number of aryl methyl sites for hydroxylation is 1. The fourth-order valence-corrected chi connectivity index (χ4v) is 4.18. The Labute approximate surface area is 191 Å². The van der Waals surface area contributed by atoms with E-state index in [1.165, 1.54) is 5.52 Å². The summed E-state index contributed by atoms with van der Waals surface area (Å²) in [6, 6.07) is 21.5. The third kappa shape index (κ3) is 4.14. The lowest BCUT2D eigenvalue weighted by Gasteiger charge is -2.30. The normalized spacial score (nSPS) is 13.1. The highest BCUT2D eigenvalue weighted by Crippen LogP contribution is 2.30. The van der Waals surface area contributed by atoms with Gasteiger partial charge in [0.05, 0.1) is 28.3 Å². The van der Waals surface area contributed by atoms with Crippen molar-refractivity contribution in [1.82, 2.24) is 9.55 Å². The van der Waals surface area contributed by atoms with Crippen molar-refractivity contribution < 1.29 is 9.53 Å². The highest BCUT2D eigenvalue weighted by Gasteiger charge is 2.21. The van der Waals surface area contributed by atoms with E-state index in [2.05, 4.69) is 20.9 Å². The van der Waals surface area contributed by atoms with E-state index < -0.39 is 0 Å². The van der Waals surface area contributed by atoms with Gasteiger partial charge in [-0.3, -0.25) is 4.79 Å². The van der Waals surface area contributed by atoms with E-state index in [0.717, 1.165) is 35.7 Å². The van der Waals surface area contributed by atoms with Crippen molar-refractivity contribution in [2.24, 2.45) is 0 Å². The van der Waals surface area contributed by atoms with Gasteiger partial charge in [0.15, 0.2) is 6.61 Å². The molecular weight excluding hydrogens is 424 g/mol. The number of nitrogens with zero attached hydrogens (tertiary/aromatic N) is 3. The summed E-state index contributed by atoms with van der Waals surface area (Å²) >= 11 is 6.49. The van der Waals surface area contributed by atoms with Gasteiger partial charge in [-0.2, -0.15) is 0 Å². The summed E-state index contributed by atoms with van der Waals surface area (Å²) in [4.78, 5) is 19.3. The zero-order chi connectivity index (χ0) is 22.1. The van der Waals surface area contributed by atoms with E-state index in [-0.39, 0.29) is 12.5 Å². The second-order valence-corrected chi connectivity index (χ2v) is 8.31. The van der Waals surface area contributed by atoms with Crippen molar-refractivity contribution in [1.29, 1.82) is 0 Å². The first-order valence-corrected chi connectivity index (χ1v) is 10.9. The summed E-state index contributed by atoms with van der Waals surface area (Å²) in [5.41, 5.74) is 4.90. The Kier molecular flexibility index (Phi) is 5.45. The largest absolute Gasteiger partial charge is 0.484 e. The summed E-state index contributed by atoms with van der Waals surface area (Å²) < 4.78 is 7.81. The van der Waals surface area contributed by atoms with Gasteiger partial charge in [-0.15, -0.1) is 0 Å². The number of carbonyl (C=O) groups is 1. The lowest BCUT2D eigenvalue weighted by atomic mass is 10.2. The van der Waals surface area contributed by atoms with Crippen LogP contribution in [0.5, 0.6) is 5.75 Å². The Morgan fingerprint density at radius 1 is 1.09 bits per heavy atom. The van der Waals surface area contributed by atoms with Crippen LogP contribution in [0.4, 0.5) is 11.4 Å². The predicted molar refractivity (Wildman–Crippen MR) is 128 cm³/mol. The van der Waals surface area contributed by atoms with Crippen LogP contribution in [0.3, 0.4) is 0 Å². The second-order valence-electron chi connectivity index (χ2n) is 7.90. The van der Waals surface area contributed by atoms with Crippen LogP contribution in [0, 0.1) is 6.92 Å². The molecular formula is C25H23ClN4O2. The molecule has 32 heavy (non-hydrogen) atoms. The molecule has 0 unspecified atom stereocenters. The number of benzene rings is 3. The van der Waals surface area contributed by atoms with Crippen molar-refractivity contribution in [3.8, 4) is 5.75 Å². The predicted octanol–water partition coefficient (Wildman–Crippen LogP) is 5.04. The molecule has 0 atom stereocenters. The molecule has 7 heteroatoms. The van der Waals surface area contributed by atoms with Crippen LogP contribution in [0.15, 0.2) is 66.7 Å². The Morgan fingerprint density at radius 3 is 2.72 bits per heavy atom. The Balaban J connectivity index is 1.24. The monoisotopic (exact) mass is 446 g/mol. The highest BCUT2D eigenvalue weighted by molar-refractivity contribution is 6.34. The smallest absolute Gasteiger partial charge is 0.262 e. The van der Waals surface area contributed by atoms with Gasteiger partial charge < -0.3 is 19.5 Å². The molecule has 3 aromatic carbocycles. The number of anilines is 2. The SMILES string of the molecule is Cc1ccc(OCC(=O)Nc2ccc(N3CCn4c(nc5ccccc54)C3)cc2Cl)cc1. The molecule has 0 saturated carbocycles. The van der Waals surface area contributed by atoms with Gasteiger partial charge in [0.25, 0.3) is 5.91 Å². The zero-order valence-corrected chi connectivity index (χ0v) is 18.5. The lowest BCUT2D eigenvalue weighted by molar-refractivity contribution is -0.118. The molecule has 1 amide bonds. The van der Waals surface area contributed by atoms with E-state index >= 15 is 0 Å². The Hall–Kier alpha value is -3.51. The molecule has 0 saturated heterocycles. The molecule has 1 N–H and O–H groups in total. The topological polar surface area (TPSA) is 59.4 Å². The van der Waals surface area contributed by atoms with Crippen LogP contribution in [0.25, 0.3) is 11.0 Å². The van der Waals surface area contributed by atoms with Crippen LogP contribution in [0.1, 0.15) is 11.4 Å². The number of aromatic nitrogens is 2. The van der Waals surface area contributed by atoms with Gasteiger partial charge >= 0.3 is 0 Å². The van der Waals surface area contributed by atoms with Crippen molar-refractivity contribution in [3.05, 3.63) is 83.1 Å². The number of para-hydroxylation sites is 2. The van der Waals surface area contributed by atoms with Crippen LogP contribution < -0.4 is 15.0 Å². The number of rotatable bonds is 5. The maximum absolute atomic E-state index is 12.3. The van der Waals surface area contributed by atoms with Crippen molar-refractivity contribution in [2.75, 3.05) is 23.4 Å². The van der Waals surface area contributed by atoms with E-state index in [9.17, 15) is 4.79 Å². The van der Waals surface area contributed by atoms with Gasteiger partial charge in [0.2, 0.25) is 0 Å². The van der Waals surface area contributed by atoms with E-state index in [1.807, 2.05) is 67.6 Å². The van der Waals surface area contributed by atoms with E-state index in [0.29, 0.717) is 23.0 Å². The number of amides is 1. The average Bonchev–Trinajstić information content (AvgIpc) is 3.18. The Bertz CT molecular complexity index is 1280. The number of nitrogens with one attached hydrogen (secondary N) is 1. The van der Waals surface area contributed by atoms with Crippen LogP contribution in [-0.2, 0) is 17.9 Å². The van der Waals surface area contributed by atoms with E-state index in [1.54, 1.807) is 0 Å². The summed E-state index contributed by atoms with van der Waals surface area (Å²) in [6.45, 7) is 4.36. The first-order valence-electron chi connectivity index (χ1n) is 10.5. The van der Waals surface area contributed by atoms with Gasteiger partial charge in [-0.1, -0.05) is 41.4 Å². The van der Waals surface area contributed by atoms with Crippen molar-refractivity contribution in [2.45, 2.75) is 20.0 Å². The number of hydrogen-bond donors (Lipinski definition) is 1. The molecule has 2 heterocycles. The maximum atomic E-state index is 12.3. The third-order valence-electron chi connectivity index (χ3n) is 5.64. The summed E-state index contributed by atoms with van der Waals surface area (Å²) in [7, 11) is 0. The van der Waals surface area contributed by atoms with Gasteiger partial charge in [-0.05, 0) is 49.4 Å². The summed E-state index contributed by atoms with van der Waals surface area (Å²) in [5, 5.41) is 3.32. The number of halogens is 1. The lowest BCUT2D eigenvalue weighted by Crippen LogP contribution is -2.33. The summed E-state index contributed by atoms with van der Waals surface area (Å²) in [5.74, 6) is 1.44. The molecule has 0 bridgehead atoms. The first kappa shape index (κ1) is 20.4. The molecule has 0 aliphatic carbocycles. The highest BCUT2D eigenvalue weighted by atomic mass is 35.5. The summed E-state index contributed by atoms with van der Waals surface area (Å²) in [6.07, 6.45) is 0. The second kappa shape index (κ2) is 8.55. The van der Waals surface area contributed by atoms with Crippen molar-refractivity contribution >= 4 is 39.9 Å². The quantitative estimate of drug-likeness (QED) is 0.466. The van der Waals surface area contributed by atoms with Crippen LogP contribution in [-0.4, -0.2) is 28.6 Å². The molecule has 1 aromatic heterocycles. The number of fused-ring (bicyclic) bond motifs is 3. The Morgan fingerprint density at radius 2 is 1.91 bits per heavy atom. The first-order chi connectivity index (χ1) is 15.6. The average molecular weight is 447 g/mol. The fourth-order valence-electron chi connectivity index (χ4n) is 3.96. The minimum absolute atomic E-state index is 0.0799. The molecule has 5 rings (SSSR count). The zero-order valence-electron chi connectivity index (χ0n) is 17.7. The van der Waals surface area contributed by atoms with Gasteiger partial charge in [0.1, 0.15) is 11.6 Å². The molecule has 0 spiro atoms. The number of carbonyl (C=O) groups excluding carboxylic acids is 1. The molecule has 0 radical (unpaired) electrons. The molecule has 1 aliphatic heterocycles. The minimum atomic E-state index is -0.257. The molecule has 6 nitrogen and oxygen atoms in total. The van der Waals surface area contributed by atoms with Crippen LogP contribution >= 0.6 is 11.6 Å². The third-order valence-corrected chi connectivity index (χ3v) is 5.95. The number of ether oxygens (including phenoxy) is 1. The van der Waals surface area contributed by atoms with E-state index in [4.69, 9.17) is 21.3 Å². The number of imidazole rings is 1. The van der Waals surface area contributed by atoms with Gasteiger partial charge in [-0.25, -0.2) is 4.98 Å². The van der Waals surface area contributed by atoms with Gasteiger partial charge in [0, 0.05) is 18.8 Å². The fraction of sp³-hybridized carbons (Fsp3) is 0.200. The molecule has 0 fully saturated rings. The maximum Gasteiger partial charge on any atom is 0.262 e.